The molecule has 188 valence electrons. The van der Waals surface area contributed by atoms with Crippen LogP contribution in [-0.4, -0.2) is 54.7 Å². The summed E-state index contributed by atoms with van der Waals surface area (Å²) in [5.41, 5.74) is 8.45. The van der Waals surface area contributed by atoms with Crippen LogP contribution in [0.3, 0.4) is 0 Å². The summed E-state index contributed by atoms with van der Waals surface area (Å²) in [6.07, 6.45) is 0.937. The summed E-state index contributed by atoms with van der Waals surface area (Å²) in [5, 5.41) is 10.3. The normalized spacial score (nSPS) is 20.0. The number of aliphatic hydroxyl groups is 1. The van der Waals surface area contributed by atoms with Crippen LogP contribution in [0.4, 0.5) is 8.78 Å². The molecule has 1 unspecified atom stereocenters. The average molecular weight is 497 g/mol. The smallest absolute Gasteiger partial charge is 0.224 e. The first-order valence-electron chi connectivity index (χ1n) is 11.6. The van der Waals surface area contributed by atoms with E-state index in [2.05, 4.69) is 0 Å². The Morgan fingerprint density at radius 1 is 1.15 bits per heavy atom. The van der Waals surface area contributed by atoms with Gasteiger partial charge in [0.2, 0.25) is 5.91 Å². The Balaban J connectivity index is 1.73. The maximum absolute atomic E-state index is 13.5. The third-order valence-electron chi connectivity index (χ3n) is 6.33. The van der Waals surface area contributed by atoms with Crippen molar-refractivity contribution >= 4 is 16.5 Å². The van der Waals surface area contributed by atoms with E-state index in [1.807, 2.05) is 31.2 Å². The molecule has 0 saturated carbocycles. The van der Waals surface area contributed by atoms with Gasteiger partial charge in [-0.15, -0.1) is 0 Å². The summed E-state index contributed by atoms with van der Waals surface area (Å²) in [6, 6.07) is 10.0. The van der Waals surface area contributed by atoms with Crippen LogP contribution in [-0.2, 0) is 24.2 Å². The van der Waals surface area contributed by atoms with E-state index in [4.69, 9.17) is 5.73 Å². The van der Waals surface area contributed by atoms with Crippen LogP contribution in [0.25, 0.3) is 0 Å². The van der Waals surface area contributed by atoms with Gasteiger partial charge < -0.3 is 15.7 Å². The molecule has 1 aliphatic rings. The molecule has 3 atom stereocenters. The number of carbonyl (C=O) groups is 1. The fraction of sp³-hybridized carbons (Fsp3) is 0.480. The SMILES string of the molecule is CCc1cccc(CN(C[C@@H](O)[C@@H](N)Cc2cc(F)cc(F)c2)C(=O)CC2CCCS2(O)O)c1. The van der Waals surface area contributed by atoms with Crippen molar-refractivity contribution in [3.63, 3.8) is 0 Å². The Kier molecular flexibility index (Phi) is 9.06. The van der Waals surface area contributed by atoms with Gasteiger partial charge >= 0.3 is 0 Å². The van der Waals surface area contributed by atoms with Crippen LogP contribution in [0.2, 0.25) is 0 Å². The molecule has 5 N–H and O–H groups in total. The number of benzene rings is 2. The van der Waals surface area contributed by atoms with Crippen molar-refractivity contribution in [1.82, 2.24) is 4.90 Å². The number of halogens is 2. The van der Waals surface area contributed by atoms with E-state index in [0.29, 0.717) is 24.2 Å². The van der Waals surface area contributed by atoms with Crippen molar-refractivity contribution in [2.24, 2.45) is 5.73 Å². The largest absolute Gasteiger partial charge is 0.390 e. The van der Waals surface area contributed by atoms with Crippen LogP contribution in [0.5, 0.6) is 0 Å². The molecule has 2 aromatic rings. The van der Waals surface area contributed by atoms with Crippen molar-refractivity contribution in [2.45, 2.75) is 63.0 Å². The molecule has 0 radical (unpaired) electrons. The number of aryl methyl sites for hydroxylation is 1. The second kappa shape index (κ2) is 11.6. The molecule has 34 heavy (non-hydrogen) atoms. The van der Waals surface area contributed by atoms with Gasteiger partial charge in [-0.05, 0) is 54.5 Å². The Morgan fingerprint density at radius 2 is 1.82 bits per heavy atom. The van der Waals surface area contributed by atoms with Crippen LogP contribution >= 0.6 is 10.6 Å². The summed E-state index contributed by atoms with van der Waals surface area (Å²) in [6.45, 7) is 2.18. The van der Waals surface area contributed by atoms with E-state index in [9.17, 15) is 27.8 Å². The molecule has 3 rings (SSSR count). The zero-order chi connectivity index (χ0) is 24.9. The van der Waals surface area contributed by atoms with E-state index < -0.39 is 39.6 Å². The van der Waals surface area contributed by atoms with Crippen LogP contribution in [0, 0.1) is 11.6 Å². The first kappa shape index (κ1) is 26.6. The monoisotopic (exact) mass is 496 g/mol. The number of hydrogen-bond acceptors (Lipinski definition) is 5. The molecule has 1 aliphatic heterocycles. The second-order valence-electron chi connectivity index (χ2n) is 9.05. The lowest BCUT2D eigenvalue weighted by atomic mass is 10.0. The Labute approximate surface area is 201 Å². The molecule has 2 aromatic carbocycles. The molecule has 0 bridgehead atoms. The number of aliphatic hydroxyl groups excluding tert-OH is 1. The van der Waals surface area contributed by atoms with Gasteiger partial charge in [-0.1, -0.05) is 31.2 Å². The van der Waals surface area contributed by atoms with Crippen molar-refractivity contribution in [2.75, 3.05) is 12.3 Å². The summed E-state index contributed by atoms with van der Waals surface area (Å²) in [4.78, 5) is 14.7. The maximum Gasteiger partial charge on any atom is 0.224 e. The first-order chi connectivity index (χ1) is 16.1. The predicted octanol–water partition coefficient (Wildman–Crippen LogP) is 4.09. The lowest BCUT2D eigenvalue weighted by Crippen LogP contribution is -2.46. The van der Waals surface area contributed by atoms with E-state index in [1.165, 1.54) is 17.0 Å². The molecule has 0 aliphatic carbocycles. The molecule has 0 aromatic heterocycles. The number of carbonyl (C=O) groups excluding carboxylic acids is 1. The molecular weight excluding hydrogens is 462 g/mol. The van der Waals surface area contributed by atoms with Gasteiger partial charge in [0.05, 0.1) is 11.4 Å². The van der Waals surface area contributed by atoms with Crippen molar-refractivity contribution in [3.05, 3.63) is 70.8 Å². The standard InChI is InChI=1S/C25H34F2N2O4S/c1-2-17-5-3-6-18(9-17)15-29(25(31)14-22-7-4-8-34(22,32)33)16-24(30)23(28)12-19-10-20(26)13-21(27)11-19/h3,5-6,9-11,13,22-24,30,32-33H,2,4,7-8,12,14-16,28H2,1H3/t22?,23-,24+/m0/s1. The molecule has 1 heterocycles. The Hall–Kier alpha value is -2.04. The first-order valence-corrected chi connectivity index (χ1v) is 13.3. The average Bonchev–Trinajstić information content (AvgIpc) is 3.10. The van der Waals surface area contributed by atoms with Crippen molar-refractivity contribution in [1.29, 1.82) is 0 Å². The van der Waals surface area contributed by atoms with Crippen LogP contribution < -0.4 is 5.73 Å². The minimum absolute atomic E-state index is 0.0210. The molecular formula is C25H34F2N2O4S. The van der Waals surface area contributed by atoms with Gasteiger partial charge in [0.1, 0.15) is 11.6 Å². The second-order valence-corrected chi connectivity index (χ2v) is 11.6. The summed E-state index contributed by atoms with van der Waals surface area (Å²) in [5.74, 6) is -1.43. The summed E-state index contributed by atoms with van der Waals surface area (Å²) >= 11 is 0. The predicted molar refractivity (Wildman–Crippen MR) is 131 cm³/mol. The van der Waals surface area contributed by atoms with Crippen molar-refractivity contribution < 1.29 is 27.8 Å². The number of rotatable bonds is 10. The fourth-order valence-electron chi connectivity index (χ4n) is 4.36. The van der Waals surface area contributed by atoms with Gasteiger partial charge in [-0.3, -0.25) is 13.9 Å². The molecule has 9 heteroatoms. The Bertz CT molecular complexity index is 971. The van der Waals surface area contributed by atoms with E-state index in [0.717, 1.165) is 23.6 Å². The number of amides is 1. The van der Waals surface area contributed by atoms with E-state index in [1.54, 1.807) is 0 Å². The highest BCUT2D eigenvalue weighted by atomic mass is 32.3. The van der Waals surface area contributed by atoms with Gasteiger partial charge in [-0.2, -0.15) is 10.6 Å². The third-order valence-corrected chi connectivity index (χ3v) is 8.69. The Morgan fingerprint density at radius 3 is 2.44 bits per heavy atom. The summed E-state index contributed by atoms with van der Waals surface area (Å²) < 4.78 is 47.6. The van der Waals surface area contributed by atoms with Crippen molar-refractivity contribution in [3.8, 4) is 0 Å². The van der Waals surface area contributed by atoms with E-state index >= 15 is 0 Å². The third kappa shape index (κ3) is 7.23. The van der Waals surface area contributed by atoms with Gasteiger partial charge in [-0.25, -0.2) is 8.78 Å². The minimum Gasteiger partial charge on any atom is -0.390 e. The number of hydrogen-bond donors (Lipinski definition) is 4. The molecule has 0 spiro atoms. The highest BCUT2D eigenvalue weighted by Gasteiger charge is 2.35. The fourth-order valence-corrected chi connectivity index (χ4v) is 6.24. The lowest BCUT2D eigenvalue weighted by molar-refractivity contribution is -0.133. The zero-order valence-corrected chi connectivity index (χ0v) is 20.2. The number of nitrogens with zero attached hydrogens (tertiary/aromatic N) is 1. The zero-order valence-electron chi connectivity index (χ0n) is 19.4. The number of nitrogens with two attached hydrogens (primary N) is 1. The molecule has 1 amide bonds. The molecule has 6 nitrogen and oxygen atoms in total. The topological polar surface area (TPSA) is 107 Å². The van der Waals surface area contributed by atoms with E-state index in [-0.39, 0.29) is 31.8 Å². The molecule has 1 fully saturated rings. The minimum atomic E-state index is -2.80. The van der Waals surface area contributed by atoms with Crippen LogP contribution in [0.1, 0.15) is 42.9 Å². The maximum atomic E-state index is 13.5. The highest BCUT2D eigenvalue weighted by molar-refractivity contribution is 8.25. The van der Waals surface area contributed by atoms with Crippen LogP contribution in [0.15, 0.2) is 42.5 Å². The lowest BCUT2D eigenvalue weighted by Gasteiger charge is -2.35. The summed E-state index contributed by atoms with van der Waals surface area (Å²) in [7, 11) is -2.80. The highest BCUT2D eigenvalue weighted by Crippen LogP contribution is 2.53. The van der Waals surface area contributed by atoms with Gasteiger partial charge in [0, 0.05) is 37.4 Å². The molecule has 1 saturated heterocycles. The quantitative estimate of drug-likeness (QED) is 0.396. The van der Waals surface area contributed by atoms with Gasteiger partial charge in [0.15, 0.2) is 0 Å². The van der Waals surface area contributed by atoms with Gasteiger partial charge in [0.25, 0.3) is 0 Å².